The van der Waals surface area contributed by atoms with E-state index in [4.69, 9.17) is 4.74 Å². The quantitative estimate of drug-likeness (QED) is 0.742. The van der Waals surface area contributed by atoms with Crippen molar-refractivity contribution in [2.75, 3.05) is 20.2 Å². The van der Waals surface area contributed by atoms with Crippen molar-refractivity contribution >= 4 is 10.8 Å². The first-order valence-corrected chi connectivity index (χ1v) is 5.78. The maximum Gasteiger partial charge on any atom is 0.176 e. The first-order chi connectivity index (χ1) is 7.90. The molecule has 0 radical (unpaired) electrons. The Kier molecular flexibility index (Phi) is 2.38. The molecule has 2 aromatic heterocycles. The van der Waals surface area contributed by atoms with Crippen LogP contribution in [0, 0.1) is 0 Å². The molecule has 0 saturated heterocycles. The number of hydrogen-bond acceptors (Lipinski definition) is 1. The van der Waals surface area contributed by atoms with E-state index in [2.05, 4.69) is 34.2 Å². The van der Waals surface area contributed by atoms with Gasteiger partial charge in [0.15, 0.2) is 12.4 Å². The number of aromatic amines is 1. The van der Waals surface area contributed by atoms with Crippen molar-refractivity contribution in [1.29, 1.82) is 0 Å². The Morgan fingerprint density at radius 2 is 2.56 bits per heavy atom. The van der Waals surface area contributed by atoms with Crippen LogP contribution in [0.15, 0.2) is 24.7 Å². The monoisotopic (exact) mass is 219 g/mol. The number of nitrogens with zero attached hydrogens (tertiary/aromatic N) is 1. The number of nitrogens with two attached hydrogens (primary N) is 1. The number of H-pyrrole nitrogens is 1. The summed E-state index contributed by atoms with van der Waals surface area (Å²) in [5.41, 5.74) is 1.33. The standard InChI is InChI=1S/C12H15N3O/c1-13-7-11-12-10-2-3-14-6-9(10)8-15(12)4-5-16-11/h2-3,6,8,11,13H,4-5,7H2,1H3/p+2. The minimum Gasteiger partial charge on any atom is -0.364 e. The number of rotatable bonds is 2. The molecule has 3 heterocycles. The van der Waals surface area contributed by atoms with E-state index in [1.54, 1.807) is 0 Å². The summed E-state index contributed by atoms with van der Waals surface area (Å²) < 4.78 is 8.18. The number of likely N-dealkylation sites (N-methyl/N-ethyl adjacent to an activating group) is 1. The van der Waals surface area contributed by atoms with Crippen LogP contribution in [0.1, 0.15) is 11.8 Å². The summed E-state index contributed by atoms with van der Waals surface area (Å²) >= 11 is 0. The second kappa shape index (κ2) is 3.88. The molecule has 0 fully saturated rings. The third-order valence-corrected chi connectivity index (χ3v) is 3.18. The third-order valence-electron chi connectivity index (χ3n) is 3.18. The summed E-state index contributed by atoms with van der Waals surface area (Å²) in [5.74, 6) is 0. The van der Waals surface area contributed by atoms with Crippen LogP contribution in [0.3, 0.4) is 0 Å². The fraction of sp³-hybridized carbons (Fsp3) is 0.417. The topological polar surface area (TPSA) is 44.9 Å². The maximum absolute atomic E-state index is 5.85. The molecule has 2 aromatic rings. The number of aromatic nitrogens is 2. The molecule has 1 aliphatic heterocycles. The van der Waals surface area contributed by atoms with Crippen molar-refractivity contribution in [3.8, 4) is 0 Å². The lowest BCUT2D eigenvalue weighted by molar-refractivity contribution is -0.635. The lowest BCUT2D eigenvalue weighted by Crippen LogP contribution is -2.81. The fourth-order valence-electron chi connectivity index (χ4n) is 2.48. The summed E-state index contributed by atoms with van der Waals surface area (Å²) in [7, 11) is 2.08. The molecule has 1 atom stereocenters. The number of fused-ring (bicyclic) bond motifs is 3. The van der Waals surface area contributed by atoms with Gasteiger partial charge in [0.1, 0.15) is 12.6 Å². The minimum atomic E-state index is 0.221. The Hall–Kier alpha value is -1.39. The predicted octanol–water partition coefficient (Wildman–Crippen LogP) is -0.280. The lowest BCUT2D eigenvalue weighted by Gasteiger charge is -2.24. The molecule has 0 aromatic carbocycles. The number of hydrogen-bond donors (Lipinski definition) is 1. The molecule has 0 aliphatic carbocycles. The highest BCUT2D eigenvalue weighted by atomic mass is 16.5. The molecule has 0 bridgehead atoms. The number of nitrogens with one attached hydrogen (secondary N) is 1. The van der Waals surface area contributed by atoms with E-state index in [1.165, 1.54) is 16.5 Å². The second-order valence-electron chi connectivity index (χ2n) is 4.22. The molecular weight excluding hydrogens is 202 g/mol. The van der Waals surface area contributed by atoms with Gasteiger partial charge in [-0.05, 0) is 0 Å². The summed E-state index contributed by atoms with van der Waals surface area (Å²) in [6.45, 7) is 2.76. The van der Waals surface area contributed by atoms with Gasteiger partial charge in [-0.15, -0.1) is 0 Å². The van der Waals surface area contributed by atoms with Crippen molar-refractivity contribution in [3.63, 3.8) is 0 Å². The summed E-state index contributed by atoms with van der Waals surface area (Å²) in [5, 5.41) is 4.75. The molecule has 1 aliphatic rings. The summed E-state index contributed by atoms with van der Waals surface area (Å²) in [6.07, 6.45) is 6.46. The minimum absolute atomic E-state index is 0.221. The number of pyridine rings is 1. The molecule has 0 amide bonds. The Morgan fingerprint density at radius 3 is 3.44 bits per heavy atom. The van der Waals surface area contributed by atoms with Gasteiger partial charge in [-0.2, -0.15) is 0 Å². The van der Waals surface area contributed by atoms with E-state index >= 15 is 0 Å². The first kappa shape index (κ1) is 9.81. The normalized spacial score (nSPS) is 19.9. The van der Waals surface area contributed by atoms with Crippen molar-refractivity contribution in [2.24, 2.45) is 0 Å². The Labute approximate surface area is 94.2 Å². The van der Waals surface area contributed by atoms with Crippen molar-refractivity contribution in [1.82, 2.24) is 4.57 Å². The number of quaternary nitrogens is 1. The van der Waals surface area contributed by atoms with Gasteiger partial charge in [0.2, 0.25) is 0 Å². The summed E-state index contributed by atoms with van der Waals surface area (Å²) in [4.78, 5) is 3.13. The average Bonchev–Trinajstić information content (AvgIpc) is 2.68. The predicted molar refractivity (Wildman–Crippen MR) is 59.9 cm³/mol. The van der Waals surface area contributed by atoms with Crippen LogP contribution in [0.2, 0.25) is 0 Å². The van der Waals surface area contributed by atoms with Gasteiger partial charge < -0.3 is 14.6 Å². The zero-order chi connectivity index (χ0) is 11.0. The Bertz CT molecular complexity index is 506. The smallest absolute Gasteiger partial charge is 0.176 e. The average molecular weight is 219 g/mol. The first-order valence-electron chi connectivity index (χ1n) is 5.78. The molecule has 3 N–H and O–H groups in total. The fourth-order valence-corrected chi connectivity index (χ4v) is 2.48. The molecule has 16 heavy (non-hydrogen) atoms. The van der Waals surface area contributed by atoms with Crippen LogP contribution >= 0.6 is 0 Å². The highest BCUT2D eigenvalue weighted by Crippen LogP contribution is 2.29. The van der Waals surface area contributed by atoms with E-state index in [-0.39, 0.29) is 6.10 Å². The van der Waals surface area contributed by atoms with Gasteiger partial charge in [-0.3, -0.25) is 0 Å². The van der Waals surface area contributed by atoms with Crippen LogP contribution in [-0.2, 0) is 11.3 Å². The molecule has 0 spiro atoms. The van der Waals surface area contributed by atoms with Crippen LogP contribution in [0.5, 0.6) is 0 Å². The highest BCUT2D eigenvalue weighted by molar-refractivity contribution is 5.84. The van der Waals surface area contributed by atoms with E-state index < -0.39 is 0 Å². The zero-order valence-corrected chi connectivity index (χ0v) is 9.44. The maximum atomic E-state index is 5.85. The van der Waals surface area contributed by atoms with Crippen LogP contribution in [0.4, 0.5) is 0 Å². The van der Waals surface area contributed by atoms with E-state index in [0.717, 1.165) is 19.7 Å². The van der Waals surface area contributed by atoms with E-state index in [1.807, 2.05) is 12.4 Å². The van der Waals surface area contributed by atoms with Crippen LogP contribution < -0.4 is 10.3 Å². The largest absolute Gasteiger partial charge is 0.364 e. The van der Waals surface area contributed by atoms with Gasteiger partial charge in [0.05, 0.1) is 24.7 Å². The van der Waals surface area contributed by atoms with Gasteiger partial charge in [0, 0.05) is 24.2 Å². The van der Waals surface area contributed by atoms with Crippen molar-refractivity contribution in [2.45, 2.75) is 12.6 Å². The lowest BCUT2D eigenvalue weighted by atomic mass is 10.1. The molecule has 4 nitrogen and oxygen atoms in total. The molecule has 1 unspecified atom stereocenters. The van der Waals surface area contributed by atoms with Gasteiger partial charge in [-0.1, -0.05) is 0 Å². The zero-order valence-electron chi connectivity index (χ0n) is 9.44. The van der Waals surface area contributed by atoms with E-state index in [9.17, 15) is 0 Å². The van der Waals surface area contributed by atoms with Gasteiger partial charge >= 0.3 is 0 Å². The third kappa shape index (κ3) is 1.42. The Morgan fingerprint density at radius 1 is 1.62 bits per heavy atom. The second-order valence-corrected chi connectivity index (χ2v) is 4.22. The molecule has 4 heteroatoms. The number of ether oxygens (including phenoxy) is 1. The molecular formula is C12H17N3O+2. The van der Waals surface area contributed by atoms with Crippen molar-refractivity contribution in [3.05, 3.63) is 30.4 Å². The highest BCUT2D eigenvalue weighted by Gasteiger charge is 2.25. The van der Waals surface area contributed by atoms with Gasteiger partial charge in [0.25, 0.3) is 0 Å². The van der Waals surface area contributed by atoms with E-state index in [0.29, 0.717) is 0 Å². The Balaban J connectivity index is 2.16. The molecule has 84 valence electrons. The molecule has 3 rings (SSSR count). The van der Waals surface area contributed by atoms with Gasteiger partial charge in [-0.25, -0.2) is 4.98 Å². The SMILES string of the molecule is C[NH2+]CC1OCCn2cc3c[nH+]ccc3c21. The van der Waals surface area contributed by atoms with Crippen LogP contribution in [-0.4, -0.2) is 24.8 Å². The van der Waals surface area contributed by atoms with Crippen LogP contribution in [0.25, 0.3) is 10.8 Å². The summed E-state index contributed by atoms with van der Waals surface area (Å²) in [6, 6.07) is 2.14. The molecule has 0 saturated carbocycles. The van der Waals surface area contributed by atoms with Crippen molar-refractivity contribution < 1.29 is 15.0 Å².